The predicted molar refractivity (Wildman–Crippen MR) is 100 cm³/mol. The van der Waals surface area contributed by atoms with E-state index in [1.54, 1.807) is 23.5 Å². The summed E-state index contributed by atoms with van der Waals surface area (Å²) < 4.78 is 5.19. The molecule has 2 amide bonds. The van der Waals surface area contributed by atoms with Crippen LogP contribution in [0.1, 0.15) is 44.2 Å². The van der Waals surface area contributed by atoms with Crippen LogP contribution in [-0.2, 0) is 12.8 Å². The molecule has 2 aromatic heterocycles. The van der Waals surface area contributed by atoms with Crippen molar-refractivity contribution >= 4 is 28.2 Å². The second kappa shape index (κ2) is 7.25. The Bertz CT molecular complexity index is 804. The van der Waals surface area contributed by atoms with Gasteiger partial charge in [-0.1, -0.05) is 0 Å². The van der Waals surface area contributed by atoms with Gasteiger partial charge in [0.1, 0.15) is 5.00 Å². The zero-order chi connectivity index (χ0) is 18.1. The van der Waals surface area contributed by atoms with Crippen LogP contribution in [-0.4, -0.2) is 49.9 Å². The van der Waals surface area contributed by atoms with Crippen LogP contribution >= 0.6 is 11.3 Å². The van der Waals surface area contributed by atoms with Crippen molar-refractivity contribution in [2.75, 3.05) is 38.5 Å². The van der Waals surface area contributed by atoms with E-state index in [0.717, 1.165) is 57.4 Å². The summed E-state index contributed by atoms with van der Waals surface area (Å²) in [5.74, 6) is 0.0232. The van der Waals surface area contributed by atoms with Gasteiger partial charge in [0.2, 0.25) is 0 Å². The molecule has 7 heteroatoms. The van der Waals surface area contributed by atoms with Crippen molar-refractivity contribution in [3.05, 3.63) is 40.2 Å². The Labute approximate surface area is 156 Å². The molecule has 6 nitrogen and oxygen atoms in total. The predicted octanol–water partition coefficient (Wildman–Crippen LogP) is 1.44. The van der Waals surface area contributed by atoms with Gasteiger partial charge in [-0.15, -0.1) is 11.3 Å². The van der Waals surface area contributed by atoms with E-state index in [9.17, 15) is 9.59 Å². The first-order chi connectivity index (χ1) is 12.6. The number of aryl methyl sites for hydroxylation is 1. The minimum absolute atomic E-state index is 0.0617. The number of quaternary nitrogens is 1. The highest BCUT2D eigenvalue weighted by Gasteiger charge is 2.31. The maximum absolute atomic E-state index is 13.3. The van der Waals surface area contributed by atoms with Crippen molar-refractivity contribution in [3.8, 4) is 0 Å². The number of likely N-dealkylation sites (N-methyl/N-ethyl adjacent to an activating group) is 1. The standard InChI is InChI=1S/C19H23N3O3S/c1-21-8-10-22(11-9-21)19(24)16-13-5-2-3-7-15(13)26-18(16)20-17(23)14-6-4-12-25-14/h4,6,12H,2-3,5,7-11H2,1H3,(H,20,23)/p+1. The normalized spacial score (nSPS) is 17.8. The van der Waals surface area contributed by atoms with Crippen LogP contribution in [0.3, 0.4) is 0 Å². The number of anilines is 1. The number of nitrogens with zero attached hydrogens (tertiary/aromatic N) is 1. The van der Waals surface area contributed by atoms with Gasteiger partial charge in [-0.3, -0.25) is 9.59 Å². The molecule has 0 aromatic carbocycles. The van der Waals surface area contributed by atoms with Crippen LogP contribution in [0.15, 0.2) is 22.8 Å². The molecule has 3 heterocycles. The molecular weight excluding hydrogens is 350 g/mol. The van der Waals surface area contributed by atoms with Gasteiger partial charge in [-0.05, 0) is 43.4 Å². The van der Waals surface area contributed by atoms with E-state index in [4.69, 9.17) is 4.42 Å². The zero-order valence-corrected chi connectivity index (χ0v) is 15.8. The Morgan fingerprint density at radius 1 is 1.23 bits per heavy atom. The lowest BCUT2D eigenvalue weighted by molar-refractivity contribution is -0.883. The number of furan rings is 1. The number of fused-ring (bicyclic) bond motifs is 1. The first-order valence-electron chi connectivity index (χ1n) is 9.23. The summed E-state index contributed by atoms with van der Waals surface area (Å²) in [7, 11) is 2.16. The fourth-order valence-corrected chi connectivity index (χ4v) is 4.98. The van der Waals surface area contributed by atoms with Crippen molar-refractivity contribution in [2.45, 2.75) is 25.7 Å². The lowest BCUT2D eigenvalue weighted by atomic mass is 9.95. The van der Waals surface area contributed by atoms with Crippen LogP contribution in [0, 0.1) is 0 Å². The van der Waals surface area contributed by atoms with Gasteiger partial charge < -0.3 is 19.5 Å². The fourth-order valence-electron chi connectivity index (χ4n) is 3.70. The molecule has 138 valence electrons. The minimum atomic E-state index is -0.300. The molecule has 1 aliphatic carbocycles. The molecular formula is C19H24N3O3S+. The van der Waals surface area contributed by atoms with Gasteiger partial charge in [0, 0.05) is 4.88 Å². The van der Waals surface area contributed by atoms with Gasteiger partial charge in [-0.25, -0.2) is 0 Å². The molecule has 0 bridgehead atoms. The SMILES string of the molecule is C[NH+]1CCN(C(=O)c2c(NC(=O)c3ccco3)sc3c2CCCC3)CC1. The summed E-state index contributed by atoms with van der Waals surface area (Å²) >= 11 is 1.55. The highest BCUT2D eigenvalue weighted by atomic mass is 32.1. The first kappa shape index (κ1) is 17.3. The molecule has 0 unspecified atom stereocenters. The molecule has 0 spiro atoms. The smallest absolute Gasteiger partial charge is 0.291 e. The molecule has 0 radical (unpaired) electrons. The van der Waals surface area contributed by atoms with Crippen molar-refractivity contribution in [1.29, 1.82) is 0 Å². The molecule has 0 saturated carbocycles. The average Bonchev–Trinajstić information content (AvgIpc) is 3.29. The van der Waals surface area contributed by atoms with Gasteiger partial charge >= 0.3 is 0 Å². The van der Waals surface area contributed by atoms with Gasteiger partial charge in [0.15, 0.2) is 5.76 Å². The van der Waals surface area contributed by atoms with E-state index in [0.29, 0.717) is 10.6 Å². The number of thiophene rings is 1. The van der Waals surface area contributed by atoms with Crippen molar-refractivity contribution in [2.24, 2.45) is 0 Å². The number of carbonyl (C=O) groups excluding carboxylic acids is 2. The molecule has 2 aliphatic rings. The van der Waals surface area contributed by atoms with E-state index in [1.807, 2.05) is 4.90 Å². The molecule has 1 aliphatic heterocycles. The third kappa shape index (κ3) is 3.29. The van der Waals surface area contributed by atoms with E-state index >= 15 is 0 Å². The summed E-state index contributed by atoms with van der Waals surface area (Å²) in [6, 6.07) is 3.32. The summed E-state index contributed by atoms with van der Waals surface area (Å²) in [6.07, 6.45) is 5.63. The third-order valence-electron chi connectivity index (χ3n) is 5.26. The Morgan fingerprint density at radius 2 is 2.00 bits per heavy atom. The Balaban J connectivity index is 1.64. The lowest BCUT2D eigenvalue weighted by Crippen LogP contribution is -3.12. The summed E-state index contributed by atoms with van der Waals surface area (Å²) in [4.78, 5) is 30.4. The van der Waals surface area contributed by atoms with Crippen molar-refractivity contribution in [3.63, 3.8) is 0 Å². The van der Waals surface area contributed by atoms with E-state index < -0.39 is 0 Å². The third-order valence-corrected chi connectivity index (χ3v) is 6.47. The number of amides is 2. The van der Waals surface area contributed by atoms with Crippen molar-refractivity contribution in [1.82, 2.24) is 4.90 Å². The maximum Gasteiger partial charge on any atom is 0.291 e. The number of nitrogens with one attached hydrogen (secondary N) is 2. The quantitative estimate of drug-likeness (QED) is 0.854. The minimum Gasteiger partial charge on any atom is -0.459 e. The lowest BCUT2D eigenvalue weighted by Gasteiger charge is -2.30. The largest absolute Gasteiger partial charge is 0.459 e. The molecule has 1 fully saturated rings. The van der Waals surface area contributed by atoms with Gasteiger partial charge in [0.25, 0.3) is 11.8 Å². The zero-order valence-electron chi connectivity index (χ0n) is 15.0. The summed E-state index contributed by atoms with van der Waals surface area (Å²) in [5.41, 5.74) is 1.86. The maximum atomic E-state index is 13.3. The second-order valence-electron chi connectivity index (χ2n) is 7.10. The van der Waals surface area contributed by atoms with E-state index in [2.05, 4.69) is 12.4 Å². The Kier molecular flexibility index (Phi) is 4.82. The monoisotopic (exact) mass is 374 g/mol. The average molecular weight is 374 g/mol. The van der Waals surface area contributed by atoms with E-state index in [-0.39, 0.29) is 17.6 Å². The van der Waals surface area contributed by atoms with Crippen LogP contribution in [0.5, 0.6) is 0 Å². The van der Waals surface area contributed by atoms with E-state index in [1.165, 1.54) is 16.0 Å². The van der Waals surface area contributed by atoms with Gasteiger partial charge in [-0.2, -0.15) is 0 Å². The number of hydrogen-bond donors (Lipinski definition) is 2. The molecule has 2 aromatic rings. The Hall–Kier alpha value is -2.12. The summed E-state index contributed by atoms with van der Waals surface area (Å²) in [6.45, 7) is 3.46. The highest BCUT2D eigenvalue weighted by Crippen LogP contribution is 2.39. The first-order valence-corrected chi connectivity index (χ1v) is 10.0. The number of carbonyl (C=O) groups is 2. The molecule has 1 saturated heterocycles. The van der Waals surface area contributed by atoms with Gasteiger partial charge in [0.05, 0.1) is 45.1 Å². The molecule has 26 heavy (non-hydrogen) atoms. The topological polar surface area (TPSA) is 67.0 Å². The Morgan fingerprint density at radius 3 is 2.73 bits per heavy atom. The highest BCUT2D eigenvalue weighted by molar-refractivity contribution is 7.17. The van der Waals surface area contributed by atoms with Crippen molar-refractivity contribution < 1.29 is 18.9 Å². The molecule has 2 N–H and O–H groups in total. The number of rotatable bonds is 3. The van der Waals surface area contributed by atoms with Crippen LogP contribution in [0.25, 0.3) is 0 Å². The molecule has 0 atom stereocenters. The van der Waals surface area contributed by atoms with Crippen LogP contribution in [0.2, 0.25) is 0 Å². The van der Waals surface area contributed by atoms with Crippen LogP contribution in [0.4, 0.5) is 5.00 Å². The van der Waals surface area contributed by atoms with Crippen LogP contribution < -0.4 is 10.2 Å². The fraction of sp³-hybridized carbons (Fsp3) is 0.474. The second-order valence-corrected chi connectivity index (χ2v) is 8.20. The summed E-state index contributed by atoms with van der Waals surface area (Å²) in [5, 5.41) is 3.61. The number of hydrogen-bond acceptors (Lipinski definition) is 4. The number of piperazine rings is 1. The molecule has 4 rings (SSSR count).